The van der Waals surface area contributed by atoms with Gasteiger partial charge in [-0.1, -0.05) is 176 Å². The third-order valence-electron chi connectivity index (χ3n) is 12.3. The summed E-state index contributed by atoms with van der Waals surface area (Å²) in [6, 6.07) is 81.3. The van der Waals surface area contributed by atoms with E-state index in [1.54, 1.807) is 0 Å². The molecule has 0 amide bonds. The van der Waals surface area contributed by atoms with Crippen LogP contribution < -0.4 is 4.90 Å². The maximum atomic E-state index is 6.68. The molecule has 2 nitrogen and oxygen atoms in total. The molecule has 0 fully saturated rings. The van der Waals surface area contributed by atoms with Gasteiger partial charge in [0.1, 0.15) is 11.2 Å². The third kappa shape index (κ3) is 5.57. The second-order valence-electron chi connectivity index (χ2n) is 15.6. The van der Waals surface area contributed by atoms with E-state index in [2.05, 4.69) is 229 Å². The van der Waals surface area contributed by atoms with Gasteiger partial charge in [0.05, 0.1) is 5.69 Å². The van der Waals surface area contributed by atoms with Crippen molar-refractivity contribution in [2.75, 3.05) is 4.90 Å². The van der Waals surface area contributed by atoms with E-state index in [1.165, 1.54) is 60.0 Å². The van der Waals surface area contributed by atoms with Crippen LogP contribution in [-0.2, 0) is 0 Å². The first kappa shape index (κ1) is 34.1. The summed E-state index contributed by atoms with van der Waals surface area (Å²) in [5.41, 5.74) is 12.1. The first-order chi connectivity index (χ1) is 29.7. The summed E-state index contributed by atoms with van der Waals surface area (Å²) in [6.07, 6.45) is 0. The number of nitrogens with zero attached hydrogens (tertiary/aromatic N) is 1. The van der Waals surface area contributed by atoms with Crippen LogP contribution in [0.2, 0.25) is 0 Å². The van der Waals surface area contributed by atoms with Crippen molar-refractivity contribution in [2.24, 2.45) is 0 Å². The van der Waals surface area contributed by atoms with E-state index in [1.807, 2.05) is 0 Å². The molecule has 0 unspecified atom stereocenters. The van der Waals surface area contributed by atoms with E-state index in [9.17, 15) is 0 Å². The van der Waals surface area contributed by atoms with Crippen LogP contribution in [0.15, 0.2) is 229 Å². The quantitative estimate of drug-likeness (QED) is 0.157. The molecular formula is C58H37NO. The molecule has 0 spiro atoms. The van der Waals surface area contributed by atoms with Gasteiger partial charge >= 0.3 is 0 Å². The molecule has 0 saturated heterocycles. The fourth-order valence-electron chi connectivity index (χ4n) is 9.36. The molecule has 0 N–H and O–H groups in total. The Hall–Kier alpha value is -7.94. The lowest BCUT2D eigenvalue weighted by Crippen LogP contribution is -2.11. The van der Waals surface area contributed by atoms with Crippen molar-refractivity contribution in [3.63, 3.8) is 0 Å². The SMILES string of the molecule is c1ccc(N(c2ccc(-c3ccc4ccccc4c3)cc2)c2ccc(-c3cccc4c3ccc3ccccc34)cc2)c(-c2cccc3oc4c5ccccc5ccc4c23)c1. The van der Waals surface area contributed by atoms with Crippen LogP contribution in [-0.4, -0.2) is 0 Å². The largest absolute Gasteiger partial charge is 0.455 e. The van der Waals surface area contributed by atoms with Crippen molar-refractivity contribution in [3.05, 3.63) is 224 Å². The second-order valence-corrected chi connectivity index (χ2v) is 15.6. The van der Waals surface area contributed by atoms with Crippen LogP contribution in [0.4, 0.5) is 17.1 Å². The maximum absolute atomic E-state index is 6.68. The van der Waals surface area contributed by atoms with Gasteiger partial charge in [0.2, 0.25) is 0 Å². The molecule has 280 valence electrons. The van der Waals surface area contributed by atoms with Crippen LogP contribution in [0.25, 0.3) is 98.4 Å². The standard InChI is InChI=1S/C58H37NO/c1-2-14-43-37-44(24-23-38(43)11-1)39-25-31-45(32-26-39)59(46-33-27-42(28-34-46)48-18-9-19-50-47-15-5-3-12-40(47)29-35-51(48)50)55-21-8-7-17-52(55)53-20-10-22-56-57(53)54-36-30-41-13-4-6-16-49(41)58(54)60-56/h1-37H. The van der Waals surface area contributed by atoms with Crippen molar-refractivity contribution in [1.82, 2.24) is 0 Å². The van der Waals surface area contributed by atoms with E-state index in [4.69, 9.17) is 4.42 Å². The highest BCUT2D eigenvalue weighted by atomic mass is 16.3. The van der Waals surface area contributed by atoms with Crippen LogP contribution in [0.3, 0.4) is 0 Å². The monoisotopic (exact) mass is 763 g/mol. The lowest BCUT2D eigenvalue weighted by molar-refractivity contribution is 0.673. The zero-order valence-electron chi connectivity index (χ0n) is 32.7. The Balaban J connectivity index is 1.02. The number of fused-ring (bicyclic) bond motifs is 9. The number of furan rings is 1. The molecule has 0 saturated carbocycles. The molecule has 1 heterocycles. The Morgan fingerprint density at radius 1 is 0.300 bits per heavy atom. The summed E-state index contributed by atoms with van der Waals surface area (Å²) in [5.74, 6) is 0. The Bertz CT molecular complexity index is 3600. The average Bonchev–Trinajstić information content (AvgIpc) is 3.72. The highest BCUT2D eigenvalue weighted by molar-refractivity contribution is 6.20. The Morgan fingerprint density at radius 2 is 0.850 bits per heavy atom. The molecule has 0 atom stereocenters. The summed E-state index contributed by atoms with van der Waals surface area (Å²) >= 11 is 0. The number of rotatable bonds is 6. The Labute approximate surface area is 347 Å². The van der Waals surface area contributed by atoms with Gasteiger partial charge in [0, 0.05) is 33.1 Å². The minimum Gasteiger partial charge on any atom is -0.455 e. The Kier molecular flexibility index (Phi) is 7.89. The molecule has 0 aliphatic heterocycles. The minimum absolute atomic E-state index is 0.882. The van der Waals surface area contributed by atoms with Gasteiger partial charge in [-0.15, -0.1) is 0 Å². The summed E-state index contributed by atoms with van der Waals surface area (Å²) in [7, 11) is 0. The molecule has 2 heteroatoms. The molecule has 0 aliphatic carbocycles. The van der Waals surface area contributed by atoms with Gasteiger partial charge in [-0.3, -0.25) is 0 Å². The lowest BCUT2D eigenvalue weighted by Gasteiger charge is -2.28. The number of hydrogen-bond acceptors (Lipinski definition) is 2. The van der Waals surface area contributed by atoms with Gasteiger partial charge in [0.15, 0.2) is 0 Å². The summed E-state index contributed by atoms with van der Waals surface area (Å²) < 4.78 is 6.68. The highest BCUT2D eigenvalue weighted by Crippen LogP contribution is 2.46. The van der Waals surface area contributed by atoms with Gasteiger partial charge in [-0.2, -0.15) is 0 Å². The first-order valence-corrected chi connectivity index (χ1v) is 20.6. The van der Waals surface area contributed by atoms with Crippen LogP contribution in [0, 0.1) is 0 Å². The molecule has 0 radical (unpaired) electrons. The van der Waals surface area contributed by atoms with Crippen LogP contribution >= 0.6 is 0 Å². The third-order valence-corrected chi connectivity index (χ3v) is 12.3. The average molecular weight is 764 g/mol. The normalized spacial score (nSPS) is 11.7. The van der Waals surface area contributed by atoms with E-state index in [0.29, 0.717) is 0 Å². The van der Waals surface area contributed by atoms with Crippen molar-refractivity contribution in [3.8, 4) is 33.4 Å². The number of anilines is 3. The zero-order valence-corrected chi connectivity index (χ0v) is 32.7. The molecular weight excluding hydrogens is 727 g/mol. The number of benzene rings is 11. The van der Waals surface area contributed by atoms with Crippen molar-refractivity contribution >= 4 is 82.1 Å². The van der Waals surface area contributed by atoms with Gasteiger partial charge in [0.25, 0.3) is 0 Å². The van der Waals surface area contributed by atoms with Gasteiger partial charge in [-0.05, 0) is 114 Å². The maximum Gasteiger partial charge on any atom is 0.143 e. The summed E-state index contributed by atoms with van der Waals surface area (Å²) in [6.45, 7) is 0. The summed E-state index contributed by atoms with van der Waals surface area (Å²) in [4.78, 5) is 2.40. The van der Waals surface area contributed by atoms with E-state index in [0.717, 1.165) is 55.5 Å². The molecule has 12 rings (SSSR count). The predicted octanol–water partition coefficient (Wildman–Crippen LogP) is 16.7. The molecule has 60 heavy (non-hydrogen) atoms. The number of hydrogen-bond donors (Lipinski definition) is 0. The molecule has 12 aromatic rings. The summed E-state index contributed by atoms with van der Waals surface area (Å²) in [5, 5.41) is 12.1. The van der Waals surface area contributed by atoms with E-state index in [-0.39, 0.29) is 0 Å². The van der Waals surface area contributed by atoms with Crippen LogP contribution in [0.5, 0.6) is 0 Å². The fraction of sp³-hybridized carbons (Fsp3) is 0. The first-order valence-electron chi connectivity index (χ1n) is 20.6. The molecule has 0 aliphatic rings. The molecule has 1 aromatic heterocycles. The lowest BCUT2D eigenvalue weighted by atomic mass is 9.94. The topological polar surface area (TPSA) is 16.4 Å². The second kappa shape index (κ2) is 13.9. The smallest absolute Gasteiger partial charge is 0.143 e. The van der Waals surface area contributed by atoms with Crippen molar-refractivity contribution in [2.45, 2.75) is 0 Å². The van der Waals surface area contributed by atoms with E-state index >= 15 is 0 Å². The predicted molar refractivity (Wildman–Crippen MR) is 255 cm³/mol. The van der Waals surface area contributed by atoms with E-state index < -0.39 is 0 Å². The molecule has 11 aromatic carbocycles. The zero-order chi connectivity index (χ0) is 39.6. The van der Waals surface area contributed by atoms with Crippen molar-refractivity contribution in [1.29, 1.82) is 0 Å². The fourth-order valence-corrected chi connectivity index (χ4v) is 9.36. The molecule has 0 bridgehead atoms. The van der Waals surface area contributed by atoms with Gasteiger partial charge in [-0.25, -0.2) is 0 Å². The Morgan fingerprint density at radius 3 is 1.65 bits per heavy atom. The highest BCUT2D eigenvalue weighted by Gasteiger charge is 2.21. The van der Waals surface area contributed by atoms with Crippen molar-refractivity contribution < 1.29 is 4.42 Å². The van der Waals surface area contributed by atoms with Gasteiger partial charge < -0.3 is 9.32 Å². The number of para-hydroxylation sites is 1. The minimum atomic E-state index is 0.882. The van der Waals surface area contributed by atoms with Crippen LogP contribution in [0.1, 0.15) is 0 Å².